The predicted molar refractivity (Wildman–Crippen MR) is 72.2 cm³/mol. The van der Waals surface area contributed by atoms with E-state index in [4.69, 9.17) is 5.73 Å². The first kappa shape index (κ1) is 11.6. The van der Waals surface area contributed by atoms with E-state index in [2.05, 4.69) is 9.97 Å². The highest BCUT2D eigenvalue weighted by Crippen LogP contribution is 2.22. The van der Waals surface area contributed by atoms with E-state index in [9.17, 15) is 4.39 Å². The van der Waals surface area contributed by atoms with Crippen molar-refractivity contribution in [1.82, 2.24) is 14.5 Å². The number of nitrogen functional groups attached to an aromatic ring is 1. The number of halogens is 1. The number of imidazole rings is 1. The van der Waals surface area contributed by atoms with Crippen LogP contribution in [0.4, 0.5) is 10.3 Å². The van der Waals surface area contributed by atoms with Crippen LogP contribution in [0.3, 0.4) is 0 Å². The molecule has 0 saturated heterocycles. The molecule has 5 heteroatoms. The number of hydrogen-bond donors (Lipinski definition) is 1. The highest BCUT2D eigenvalue weighted by molar-refractivity contribution is 5.79. The van der Waals surface area contributed by atoms with Crippen LogP contribution in [0, 0.1) is 12.7 Å². The van der Waals surface area contributed by atoms with Gasteiger partial charge < -0.3 is 10.3 Å². The number of nitrogens with zero attached hydrogens (tertiary/aromatic N) is 3. The number of benzene rings is 1. The fourth-order valence-electron chi connectivity index (χ4n) is 2.15. The standard InChI is InChI=1S/C14H13FN4/c1-9-7-17-6-5-10(9)8-19-12-4-2-3-11(15)13(12)18-14(19)16/h2-7H,8H2,1H3,(H2,16,18). The van der Waals surface area contributed by atoms with Crippen LogP contribution < -0.4 is 5.73 Å². The zero-order chi connectivity index (χ0) is 13.4. The van der Waals surface area contributed by atoms with Gasteiger partial charge >= 0.3 is 0 Å². The van der Waals surface area contributed by atoms with Gasteiger partial charge in [0.25, 0.3) is 0 Å². The molecule has 19 heavy (non-hydrogen) atoms. The van der Waals surface area contributed by atoms with E-state index in [1.165, 1.54) is 6.07 Å². The largest absolute Gasteiger partial charge is 0.369 e. The number of rotatable bonds is 2. The third-order valence-corrected chi connectivity index (χ3v) is 3.22. The summed E-state index contributed by atoms with van der Waals surface area (Å²) >= 11 is 0. The van der Waals surface area contributed by atoms with E-state index < -0.39 is 0 Å². The Labute approximate surface area is 109 Å². The van der Waals surface area contributed by atoms with Crippen LogP contribution in [-0.4, -0.2) is 14.5 Å². The summed E-state index contributed by atoms with van der Waals surface area (Å²) in [6, 6.07) is 6.80. The lowest BCUT2D eigenvalue weighted by molar-refractivity contribution is 0.637. The number of hydrogen-bond acceptors (Lipinski definition) is 3. The van der Waals surface area contributed by atoms with Crippen LogP contribution in [0.5, 0.6) is 0 Å². The summed E-state index contributed by atoms with van der Waals surface area (Å²) in [5.74, 6) is -0.0364. The van der Waals surface area contributed by atoms with Crippen molar-refractivity contribution >= 4 is 17.0 Å². The first-order valence-corrected chi connectivity index (χ1v) is 5.96. The Hall–Kier alpha value is -2.43. The number of fused-ring (bicyclic) bond motifs is 1. The van der Waals surface area contributed by atoms with Gasteiger partial charge in [0.2, 0.25) is 5.95 Å². The minimum absolute atomic E-state index is 0.312. The van der Waals surface area contributed by atoms with Gasteiger partial charge in [-0.15, -0.1) is 0 Å². The first-order valence-electron chi connectivity index (χ1n) is 5.96. The zero-order valence-corrected chi connectivity index (χ0v) is 10.5. The Morgan fingerprint density at radius 1 is 1.32 bits per heavy atom. The molecule has 0 unspecified atom stereocenters. The zero-order valence-electron chi connectivity index (χ0n) is 10.5. The third kappa shape index (κ3) is 1.93. The van der Waals surface area contributed by atoms with Gasteiger partial charge in [0.05, 0.1) is 12.1 Å². The molecule has 0 aliphatic carbocycles. The second-order valence-electron chi connectivity index (χ2n) is 4.47. The van der Waals surface area contributed by atoms with Crippen molar-refractivity contribution < 1.29 is 4.39 Å². The van der Waals surface area contributed by atoms with Gasteiger partial charge in [0, 0.05) is 12.4 Å². The molecule has 2 heterocycles. The summed E-state index contributed by atoms with van der Waals surface area (Å²) in [6.07, 6.45) is 3.53. The molecule has 3 rings (SSSR count). The molecule has 0 atom stereocenters. The van der Waals surface area contributed by atoms with Gasteiger partial charge in [0.1, 0.15) is 5.52 Å². The van der Waals surface area contributed by atoms with Gasteiger partial charge in [0.15, 0.2) is 5.82 Å². The Bertz CT molecular complexity index is 748. The fourth-order valence-corrected chi connectivity index (χ4v) is 2.15. The average molecular weight is 256 g/mol. The summed E-state index contributed by atoms with van der Waals surface area (Å²) in [4.78, 5) is 8.15. The molecule has 0 radical (unpaired) electrons. The quantitative estimate of drug-likeness (QED) is 0.766. The minimum Gasteiger partial charge on any atom is -0.369 e. The molecule has 3 aromatic rings. The SMILES string of the molecule is Cc1cnccc1Cn1c(N)nc2c(F)cccc21. The van der Waals surface area contributed by atoms with Gasteiger partial charge in [-0.2, -0.15) is 0 Å². The molecule has 0 amide bonds. The Morgan fingerprint density at radius 2 is 2.16 bits per heavy atom. The molecule has 0 fully saturated rings. The van der Waals surface area contributed by atoms with Crippen LogP contribution in [0.25, 0.3) is 11.0 Å². The molecular formula is C14H13FN4. The molecule has 0 bridgehead atoms. The highest BCUT2D eigenvalue weighted by atomic mass is 19.1. The summed E-state index contributed by atoms with van der Waals surface area (Å²) < 4.78 is 15.5. The van der Waals surface area contributed by atoms with Crippen molar-refractivity contribution in [1.29, 1.82) is 0 Å². The van der Waals surface area contributed by atoms with Crippen molar-refractivity contribution in [2.24, 2.45) is 0 Å². The number of para-hydroxylation sites is 1. The van der Waals surface area contributed by atoms with Crippen molar-refractivity contribution in [2.45, 2.75) is 13.5 Å². The van der Waals surface area contributed by atoms with Crippen LogP contribution in [-0.2, 0) is 6.54 Å². The number of nitrogens with two attached hydrogens (primary N) is 1. The maximum absolute atomic E-state index is 13.7. The van der Waals surface area contributed by atoms with Crippen LogP contribution in [0.2, 0.25) is 0 Å². The van der Waals surface area contributed by atoms with Crippen LogP contribution in [0.1, 0.15) is 11.1 Å². The second kappa shape index (κ2) is 4.35. The molecular weight excluding hydrogens is 243 g/mol. The molecule has 1 aromatic carbocycles. The predicted octanol–water partition coefficient (Wildman–Crippen LogP) is 2.51. The third-order valence-electron chi connectivity index (χ3n) is 3.22. The topological polar surface area (TPSA) is 56.7 Å². The molecule has 0 spiro atoms. The summed E-state index contributed by atoms with van der Waals surface area (Å²) in [5.41, 5.74) is 9.06. The molecule has 2 N–H and O–H groups in total. The lowest BCUT2D eigenvalue weighted by atomic mass is 10.1. The van der Waals surface area contributed by atoms with Crippen molar-refractivity contribution in [3.63, 3.8) is 0 Å². The highest BCUT2D eigenvalue weighted by Gasteiger charge is 2.12. The van der Waals surface area contributed by atoms with E-state index in [1.807, 2.05) is 19.1 Å². The van der Waals surface area contributed by atoms with Crippen molar-refractivity contribution in [3.05, 3.63) is 53.6 Å². The fraction of sp³-hybridized carbons (Fsp3) is 0.143. The maximum atomic E-state index is 13.7. The molecule has 96 valence electrons. The van der Waals surface area contributed by atoms with Gasteiger partial charge in [-0.05, 0) is 36.2 Å². The molecule has 0 aliphatic rings. The van der Waals surface area contributed by atoms with Crippen LogP contribution in [0.15, 0.2) is 36.7 Å². The van der Waals surface area contributed by atoms with Gasteiger partial charge in [-0.1, -0.05) is 6.07 Å². The number of pyridine rings is 1. The van der Waals surface area contributed by atoms with E-state index in [0.29, 0.717) is 23.5 Å². The monoisotopic (exact) mass is 256 g/mol. The van der Waals surface area contributed by atoms with Crippen molar-refractivity contribution in [3.8, 4) is 0 Å². The van der Waals surface area contributed by atoms with Gasteiger partial charge in [-0.3, -0.25) is 4.98 Å². The van der Waals surface area contributed by atoms with Crippen molar-refractivity contribution in [2.75, 3.05) is 5.73 Å². The molecule has 0 saturated carbocycles. The maximum Gasteiger partial charge on any atom is 0.201 e. The minimum atomic E-state index is -0.352. The Balaban J connectivity index is 2.13. The van der Waals surface area contributed by atoms with Crippen LogP contribution >= 0.6 is 0 Å². The lowest BCUT2D eigenvalue weighted by Gasteiger charge is -2.08. The molecule has 0 aliphatic heterocycles. The second-order valence-corrected chi connectivity index (χ2v) is 4.47. The normalized spacial score (nSPS) is 11.1. The number of aryl methyl sites for hydroxylation is 1. The van der Waals surface area contributed by atoms with Gasteiger partial charge in [-0.25, -0.2) is 9.37 Å². The van der Waals surface area contributed by atoms with E-state index >= 15 is 0 Å². The first-order chi connectivity index (χ1) is 9.16. The summed E-state index contributed by atoms with van der Waals surface area (Å²) in [6.45, 7) is 2.54. The average Bonchev–Trinajstić information content (AvgIpc) is 2.71. The smallest absolute Gasteiger partial charge is 0.201 e. The van der Waals surface area contributed by atoms with E-state index in [0.717, 1.165) is 11.1 Å². The number of anilines is 1. The molecule has 4 nitrogen and oxygen atoms in total. The number of aromatic nitrogens is 3. The Kier molecular flexibility index (Phi) is 2.67. The van der Waals surface area contributed by atoms with E-state index in [-0.39, 0.29) is 5.82 Å². The lowest BCUT2D eigenvalue weighted by Crippen LogP contribution is -2.05. The summed E-state index contributed by atoms with van der Waals surface area (Å²) in [5, 5.41) is 0. The van der Waals surface area contributed by atoms with E-state index in [1.54, 1.807) is 23.0 Å². The molecule has 2 aromatic heterocycles. The summed E-state index contributed by atoms with van der Waals surface area (Å²) in [7, 11) is 0. The Morgan fingerprint density at radius 3 is 2.95 bits per heavy atom.